The Labute approximate surface area is 60.8 Å². The molecule has 0 unspecified atom stereocenters. The number of carbonyl (C=O) groups is 2. The molecule has 0 radical (unpaired) electrons. The van der Waals surface area contributed by atoms with Crippen LogP contribution in [0.2, 0.25) is 0 Å². The lowest BCUT2D eigenvalue weighted by Gasteiger charge is -1.95. The number of unbranched alkanes of at least 4 members (excludes halogenated alkanes) is 1. The molecule has 0 rings (SSSR count). The van der Waals surface area contributed by atoms with Crippen LogP contribution in [0.1, 0.15) is 26.2 Å². The van der Waals surface area contributed by atoms with Crippen molar-refractivity contribution < 1.29 is 9.59 Å². The summed E-state index contributed by atoms with van der Waals surface area (Å²) in [7, 11) is 0. The van der Waals surface area contributed by atoms with Gasteiger partial charge in [0.05, 0.1) is 0 Å². The van der Waals surface area contributed by atoms with Crippen LogP contribution >= 0.6 is 0 Å². The standard InChI is InChI=1S/C7H13NO2/c1-7(10)4-2-3-5-8-6-9/h6H,2-5H2,1H3,(H,8,9). The molecule has 0 bridgehead atoms. The van der Waals surface area contributed by atoms with Gasteiger partial charge in [0.1, 0.15) is 5.78 Å². The average molecular weight is 143 g/mol. The maximum atomic E-state index is 10.4. The molecule has 0 heterocycles. The quantitative estimate of drug-likeness (QED) is 0.434. The van der Waals surface area contributed by atoms with Crippen molar-refractivity contribution in [3.63, 3.8) is 0 Å². The molecule has 3 nitrogen and oxygen atoms in total. The second-order valence-electron chi connectivity index (χ2n) is 2.23. The molecule has 1 N–H and O–H groups in total. The van der Waals surface area contributed by atoms with E-state index < -0.39 is 0 Å². The summed E-state index contributed by atoms with van der Waals surface area (Å²) in [6.45, 7) is 2.25. The molecule has 0 aliphatic carbocycles. The van der Waals surface area contributed by atoms with Crippen LogP contribution in [0, 0.1) is 0 Å². The number of rotatable bonds is 6. The van der Waals surface area contributed by atoms with Gasteiger partial charge < -0.3 is 10.1 Å². The lowest BCUT2D eigenvalue weighted by molar-refractivity contribution is -0.117. The first kappa shape index (κ1) is 9.14. The number of hydrogen-bond donors (Lipinski definition) is 1. The van der Waals surface area contributed by atoms with Gasteiger partial charge >= 0.3 is 0 Å². The minimum absolute atomic E-state index is 0.214. The Kier molecular flexibility index (Phi) is 5.72. The Balaban J connectivity index is 2.90. The Morgan fingerprint density at radius 1 is 1.50 bits per heavy atom. The molecule has 0 aromatic heterocycles. The number of Topliss-reactive ketones (excluding diaryl/α,β-unsaturated/α-hetero) is 1. The number of amides is 1. The fraction of sp³-hybridized carbons (Fsp3) is 0.714. The van der Waals surface area contributed by atoms with Crippen molar-refractivity contribution in [2.45, 2.75) is 26.2 Å². The van der Waals surface area contributed by atoms with E-state index in [4.69, 9.17) is 0 Å². The molecular weight excluding hydrogens is 130 g/mol. The summed E-state index contributed by atoms with van der Waals surface area (Å²) in [5, 5.41) is 2.53. The van der Waals surface area contributed by atoms with Crippen LogP contribution < -0.4 is 5.32 Å². The Hall–Kier alpha value is -0.860. The van der Waals surface area contributed by atoms with Crippen LogP contribution in [0.5, 0.6) is 0 Å². The first-order valence-corrected chi connectivity index (χ1v) is 3.44. The summed E-state index contributed by atoms with van der Waals surface area (Å²) < 4.78 is 0. The normalized spacial score (nSPS) is 8.90. The van der Waals surface area contributed by atoms with Crippen LogP contribution in [0.15, 0.2) is 0 Å². The molecule has 0 fully saturated rings. The summed E-state index contributed by atoms with van der Waals surface area (Å²) in [5.74, 6) is 0.214. The minimum atomic E-state index is 0.214. The Morgan fingerprint density at radius 2 is 2.20 bits per heavy atom. The number of nitrogens with one attached hydrogen (secondary N) is 1. The monoisotopic (exact) mass is 143 g/mol. The molecular formula is C7H13NO2. The highest BCUT2D eigenvalue weighted by molar-refractivity contribution is 5.75. The first-order chi connectivity index (χ1) is 4.77. The maximum absolute atomic E-state index is 10.4. The second-order valence-corrected chi connectivity index (χ2v) is 2.23. The molecule has 3 heteroatoms. The van der Waals surface area contributed by atoms with E-state index in [2.05, 4.69) is 5.32 Å². The van der Waals surface area contributed by atoms with Crippen molar-refractivity contribution in [3.05, 3.63) is 0 Å². The van der Waals surface area contributed by atoms with Gasteiger partial charge in [-0.1, -0.05) is 0 Å². The lowest BCUT2D eigenvalue weighted by Crippen LogP contribution is -2.12. The highest BCUT2D eigenvalue weighted by atomic mass is 16.1. The Morgan fingerprint density at radius 3 is 2.70 bits per heavy atom. The van der Waals surface area contributed by atoms with Gasteiger partial charge in [0.15, 0.2) is 0 Å². The van der Waals surface area contributed by atoms with Gasteiger partial charge in [-0.05, 0) is 19.8 Å². The summed E-state index contributed by atoms with van der Waals surface area (Å²) in [4.78, 5) is 20.1. The van der Waals surface area contributed by atoms with Crippen LogP contribution in [0.4, 0.5) is 0 Å². The number of ketones is 1. The van der Waals surface area contributed by atoms with E-state index in [9.17, 15) is 9.59 Å². The van der Waals surface area contributed by atoms with Crippen molar-refractivity contribution in [1.82, 2.24) is 5.32 Å². The topological polar surface area (TPSA) is 46.2 Å². The van der Waals surface area contributed by atoms with E-state index in [1.165, 1.54) is 0 Å². The van der Waals surface area contributed by atoms with Crippen molar-refractivity contribution in [2.24, 2.45) is 0 Å². The zero-order valence-electron chi connectivity index (χ0n) is 6.22. The van der Waals surface area contributed by atoms with Crippen molar-refractivity contribution in [3.8, 4) is 0 Å². The molecule has 0 aromatic carbocycles. The van der Waals surface area contributed by atoms with E-state index in [0.717, 1.165) is 12.8 Å². The molecule has 0 aliphatic rings. The third-order valence-corrected chi connectivity index (χ3v) is 1.18. The molecule has 0 saturated heterocycles. The third kappa shape index (κ3) is 7.14. The lowest BCUT2D eigenvalue weighted by atomic mass is 10.2. The van der Waals surface area contributed by atoms with E-state index in [1.54, 1.807) is 6.92 Å². The predicted molar refractivity (Wildman–Crippen MR) is 38.6 cm³/mol. The summed E-state index contributed by atoms with van der Waals surface area (Å²) in [5.41, 5.74) is 0. The van der Waals surface area contributed by atoms with Gasteiger partial charge in [0, 0.05) is 13.0 Å². The first-order valence-electron chi connectivity index (χ1n) is 3.44. The van der Waals surface area contributed by atoms with Crippen LogP contribution in [0.25, 0.3) is 0 Å². The van der Waals surface area contributed by atoms with Crippen LogP contribution in [-0.2, 0) is 9.59 Å². The summed E-state index contributed by atoms with van der Waals surface area (Å²) >= 11 is 0. The minimum Gasteiger partial charge on any atom is -0.359 e. The van der Waals surface area contributed by atoms with Crippen molar-refractivity contribution in [2.75, 3.05) is 6.54 Å². The van der Waals surface area contributed by atoms with Crippen LogP contribution in [-0.4, -0.2) is 18.7 Å². The van der Waals surface area contributed by atoms with E-state index in [1.807, 2.05) is 0 Å². The molecule has 1 amide bonds. The SMILES string of the molecule is CC(=O)CCCCNC=O. The fourth-order valence-corrected chi connectivity index (χ4v) is 0.660. The van der Waals surface area contributed by atoms with Gasteiger partial charge in [-0.3, -0.25) is 4.79 Å². The number of hydrogen-bond acceptors (Lipinski definition) is 2. The molecule has 58 valence electrons. The van der Waals surface area contributed by atoms with Crippen molar-refractivity contribution in [1.29, 1.82) is 0 Å². The van der Waals surface area contributed by atoms with Crippen molar-refractivity contribution >= 4 is 12.2 Å². The molecule has 10 heavy (non-hydrogen) atoms. The number of carbonyl (C=O) groups excluding carboxylic acids is 2. The van der Waals surface area contributed by atoms with E-state index in [0.29, 0.717) is 19.4 Å². The van der Waals surface area contributed by atoms with Gasteiger partial charge in [0.25, 0.3) is 0 Å². The van der Waals surface area contributed by atoms with Crippen LogP contribution in [0.3, 0.4) is 0 Å². The second kappa shape index (κ2) is 6.26. The molecule has 0 spiro atoms. The maximum Gasteiger partial charge on any atom is 0.207 e. The highest BCUT2D eigenvalue weighted by Gasteiger charge is 1.91. The molecule has 0 aromatic rings. The average Bonchev–Trinajstić information content (AvgIpc) is 1.87. The molecule has 0 aliphatic heterocycles. The fourth-order valence-electron chi connectivity index (χ4n) is 0.660. The van der Waals surface area contributed by atoms with E-state index in [-0.39, 0.29) is 5.78 Å². The Bertz CT molecular complexity index is 112. The zero-order valence-corrected chi connectivity index (χ0v) is 6.22. The summed E-state index contributed by atoms with van der Waals surface area (Å²) in [6, 6.07) is 0. The zero-order chi connectivity index (χ0) is 7.82. The van der Waals surface area contributed by atoms with E-state index >= 15 is 0 Å². The largest absolute Gasteiger partial charge is 0.359 e. The van der Waals surface area contributed by atoms with Gasteiger partial charge in [-0.25, -0.2) is 0 Å². The smallest absolute Gasteiger partial charge is 0.207 e. The highest BCUT2D eigenvalue weighted by Crippen LogP contribution is 1.93. The van der Waals surface area contributed by atoms with Gasteiger partial charge in [-0.15, -0.1) is 0 Å². The predicted octanol–water partition coefficient (Wildman–Crippen LogP) is 0.492. The summed E-state index contributed by atoms with van der Waals surface area (Å²) in [6.07, 6.45) is 3.06. The van der Waals surface area contributed by atoms with Gasteiger partial charge in [0.2, 0.25) is 6.41 Å². The molecule has 0 atom stereocenters. The van der Waals surface area contributed by atoms with Gasteiger partial charge in [-0.2, -0.15) is 0 Å². The molecule has 0 saturated carbocycles. The third-order valence-electron chi connectivity index (χ3n) is 1.18.